The number of hydrogen-bond acceptors (Lipinski definition) is 5. The Morgan fingerprint density at radius 1 is 1.15 bits per heavy atom. The second kappa shape index (κ2) is 6.59. The first kappa shape index (κ1) is 16.8. The molecule has 7 heteroatoms. The maximum absolute atomic E-state index is 12.9. The van der Waals surface area contributed by atoms with E-state index in [1.54, 1.807) is 0 Å². The van der Waals surface area contributed by atoms with Crippen molar-refractivity contribution in [3.8, 4) is 17.1 Å². The third-order valence-electron chi connectivity index (χ3n) is 4.47. The van der Waals surface area contributed by atoms with Crippen molar-refractivity contribution in [3.63, 3.8) is 0 Å². The molecule has 0 saturated heterocycles. The summed E-state index contributed by atoms with van der Waals surface area (Å²) in [5.74, 6) is 1.86. The number of pyridine rings is 1. The molecule has 3 aromatic rings. The average molecular weight is 370 g/mol. The van der Waals surface area contributed by atoms with Crippen LogP contribution in [0.3, 0.4) is 0 Å². The highest BCUT2D eigenvalue weighted by Gasteiger charge is 2.31. The second-order valence-corrected chi connectivity index (χ2v) is 8.01. The van der Waals surface area contributed by atoms with Gasteiger partial charge in [-0.25, -0.2) is 8.42 Å². The highest BCUT2D eigenvalue weighted by Crippen LogP contribution is 2.31. The number of hydrogen-bond donors (Lipinski definition) is 0. The van der Waals surface area contributed by atoms with Gasteiger partial charge in [-0.1, -0.05) is 30.3 Å². The minimum atomic E-state index is -3.66. The van der Waals surface area contributed by atoms with E-state index < -0.39 is 10.0 Å². The molecule has 6 nitrogen and oxygen atoms in total. The summed E-state index contributed by atoms with van der Waals surface area (Å²) in [7, 11) is -2.18. The van der Waals surface area contributed by atoms with Crippen molar-refractivity contribution in [2.24, 2.45) is 0 Å². The number of sulfonamides is 1. The predicted octanol–water partition coefficient (Wildman–Crippen LogP) is 3.10. The Balaban J connectivity index is 1.63. The fraction of sp³-hybridized carbons (Fsp3) is 0.211. The zero-order chi connectivity index (χ0) is 18.1. The molecule has 0 unspecified atom stereocenters. The van der Waals surface area contributed by atoms with Crippen molar-refractivity contribution in [1.82, 2.24) is 9.29 Å². The van der Waals surface area contributed by atoms with Crippen LogP contribution < -0.4 is 4.74 Å². The highest BCUT2D eigenvalue weighted by atomic mass is 32.2. The van der Waals surface area contributed by atoms with Crippen LogP contribution in [-0.4, -0.2) is 31.4 Å². The molecule has 0 spiro atoms. The predicted molar refractivity (Wildman–Crippen MR) is 96.2 cm³/mol. The summed E-state index contributed by atoms with van der Waals surface area (Å²) in [5.41, 5.74) is 2.03. The maximum atomic E-state index is 12.9. The Morgan fingerprint density at radius 2 is 1.96 bits per heavy atom. The molecular weight excluding hydrogens is 352 g/mol. The van der Waals surface area contributed by atoms with Gasteiger partial charge < -0.3 is 9.15 Å². The van der Waals surface area contributed by atoms with Gasteiger partial charge in [-0.2, -0.15) is 4.31 Å². The molecule has 0 radical (unpaired) electrons. The molecule has 0 amide bonds. The van der Waals surface area contributed by atoms with Gasteiger partial charge in [0, 0.05) is 24.4 Å². The maximum Gasteiger partial charge on any atom is 0.245 e. The van der Waals surface area contributed by atoms with Gasteiger partial charge in [-0.3, -0.25) is 4.98 Å². The highest BCUT2D eigenvalue weighted by molar-refractivity contribution is 7.89. The van der Waals surface area contributed by atoms with Gasteiger partial charge in [-0.15, -0.1) is 0 Å². The molecule has 0 fully saturated rings. The number of nitrogens with zero attached hydrogens (tertiary/aromatic N) is 2. The van der Waals surface area contributed by atoms with Crippen LogP contribution in [0.15, 0.2) is 64.2 Å². The lowest BCUT2D eigenvalue weighted by Gasteiger charge is -2.25. The molecule has 1 aromatic carbocycles. The normalized spacial score (nSPS) is 14.8. The third-order valence-corrected chi connectivity index (χ3v) is 6.28. The first-order valence-corrected chi connectivity index (χ1v) is 9.68. The van der Waals surface area contributed by atoms with E-state index in [9.17, 15) is 8.42 Å². The summed E-state index contributed by atoms with van der Waals surface area (Å²) in [5, 5.41) is 0. The first-order chi connectivity index (χ1) is 12.6. The van der Waals surface area contributed by atoms with E-state index in [4.69, 9.17) is 9.15 Å². The van der Waals surface area contributed by atoms with Crippen LogP contribution in [0.5, 0.6) is 5.75 Å². The molecule has 134 valence electrons. The summed E-state index contributed by atoms with van der Waals surface area (Å²) in [6.45, 7) is 0.613. The monoisotopic (exact) mass is 370 g/mol. The Bertz CT molecular complexity index is 1030. The summed E-state index contributed by atoms with van der Waals surface area (Å²) >= 11 is 0. The van der Waals surface area contributed by atoms with E-state index in [0.29, 0.717) is 24.5 Å². The largest absolute Gasteiger partial charge is 0.495 e. The number of furan rings is 1. The molecule has 0 N–H and O–H groups in total. The van der Waals surface area contributed by atoms with Crippen LogP contribution in [0, 0.1) is 0 Å². The number of rotatable bonds is 4. The van der Waals surface area contributed by atoms with Crippen molar-refractivity contribution in [1.29, 1.82) is 0 Å². The number of benzene rings is 1. The quantitative estimate of drug-likeness (QED) is 0.706. The molecule has 2 aromatic heterocycles. The van der Waals surface area contributed by atoms with E-state index in [-0.39, 0.29) is 11.4 Å². The molecule has 0 saturated carbocycles. The first-order valence-electron chi connectivity index (χ1n) is 8.24. The number of methoxy groups -OCH3 is 1. The fourth-order valence-corrected chi connectivity index (χ4v) is 4.42. The topological polar surface area (TPSA) is 72.6 Å². The summed E-state index contributed by atoms with van der Waals surface area (Å²) in [4.78, 5) is 4.07. The van der Waals surface area contributed by atoms with Crippen molar-refractivity contribution >= 4 is 10.0 Å². The van der Waals surface area contributed by atoms with E-state index >= 15 is 0 Å². The van der Waals surface area contributed by atoms with E-state index in [0.717, 1.165) is 16.9 Å². The minimum Gasteiger partial charge on any atom is -0.495 e. The second-order valence-electron chi connectivity index (χ2n) is 6.07. The lowest BCUT2D eigenvalue weighted by Crippen LogP contribution is -2.35. The summed E-state index contributed by atoms with van der Waals surface area (Å²) in [6, 6.07) is 13.3. The molecule has 3 heterocycles. The Morgan fingerprint density at radius 3 is 2.73 bits per heavy atom. The summed E-state index contributed by atoms with van der Waals surface area (Å²) < 4.78 is 38.3. The van der Waals surface area contributed by atoms with Crippen LogP contribution in [0.25, 0.3) is 11.3 Å². The van der Waals surface area contributed by atoms with Crippen molar-refractivity contribution in [3.05, 3.63) is 66.2 Å². The standard InChI is InChI=1S/C19H18N2O4S/c1-24-16-10-17(12-20-11-16)26(22,23)21-8-7-15-9-18(25-19(15)13-21)14-5-3-2-4-6-14/h2-6,9-12H,7-8,13H2,1H3. The number of ether oxygens (including phenoxy) is 1. The van der Waals surface area contributed by atoms with E-state index in [1.165, 1.54) is 29.9 Å². The molecule has 1 aliphatic heterocycles. The van der Waals surface area contributed by atoms with Crippen LogP contribution >= 0.6 is 0 Å². The molecule has 26 heavy (non-hydrogen) atoms. The molecular formula is C19H18N2O4S. The molecule has 4 rings (SSSR count). The lowest BCUT2D eigenvalue weighted by atomic mass is 10.1. The van der Waals surface area contributed by atoms with Crippen LogP contribution in [0.2, 0.25) is 0 Å². The van der Waals surface area contributed by atoms with Gasteiger partial charge in [0.1, 0.15) is 22.2 Å². The third kappa shape index (κ3) is 3.00. The van der Waals surface area contributed by atoms with E-state index in [2.05, 4.69) is 4.98 Å². The Labute approximate surface area is 152 Å². The number of fused-ring (bicyclic) bond motifs is 1. The van der Waals surface area contributed by atoms with Crippen molar-refractivity contribution in [2.45, 2.75) is 17.9 Å². The lowest BCUT2D eigenvalue weighted by molar-refractivity contribution is 0.345. The Kier molecular flexibility index (Phi) is 4.26. The molecule has 0 bridgehead atoms. The van der Waals surface area contributed by atoms with Crippen molar-refractivity contribution < 1.29 is 17.6 Å². The minimum absolute atomic E-state index is 0.120. The average Bonchev–Trinajstić information content (AvgIpc) is 3.12. The van der Waals surface area contributed by atoms with Gasteiger partial charge in [0.25, 0.3) is 0 Å². The fourth-order valence-electron chi connectivity index (χ4n) is 3.05. The van der Waals surface area contributed by atoms with Gasteiger partial charge in [0.2, 0.25) is 10.0 Å². The van der Waals surface area contributed by atoms with Crippen LogP contribution in [0.4, 0.5) is 0 Å². The molecule has 0 atom stereocenters. The zero-order valence-corrected chi connectivity index (χ0v) is 15.1. The SMILES string of the molecule is COc1cncc(S(=O)(=O)N2CCc3cc(-c4ccccc4)oc3C2)c1. The molecule has 0 aliphatic carbocycles. The van der Waals surface area contributed by atoms with Crippen LogP contribution in [-0.2, 0) is 23.0 Å². The zero-order valence-electron chi connectivity index (χ0n) is 14.3. The van der Waals surface area contributed by atoms with Crippen LogP contribution in [0.1, 0.15) is 11.3 Å². The van der Waals surface area contributed by atoms with Gasteiger partial charge in [0.15, 0.2) is 0 Å². The van der Waals surface area contributed by atoms with Gasteiger partial charge in [0.05, 0.1) is 19.9 Å². The van der Waals surface area contributed by atoms with Crippen molar-refractivity contribution in [2.75, 3.05) is 13.7 Å². The van der Waals surface area contributed by atoms with Gasteiger partial charge in [-0.05, 0) is 18.1 Å². The summed E-state index contributed by atoms with van der Waals surface area (Å²) in [6.07, 6.45) is 3.43. The number of aromatic nitrogens is 1. The van der Waals surface area contributed by atoms with E-state index in [1.807, 2.05) is 36.4 Å². The smallest absolute Gasteiger partial charge is 0.245 e. The van der Waals surface area contributed by atoms with Gasteiger partial charge >= 0.3 is 0 Å². The molecule has 1 aliphatic rings. The Hall–Kier alpha value is -2.64.